The van der Waals surface area contributed by atoms with E-state index < -0.39 is 10.0 Å². The predicted octanol–water partition coefficient (Wildman–Crippen LogP) is 1.92. The number of carbonyl (C=O) groups excluding carboxylic acids is 1. The number of sulfonamides is 1. The van der Waals surface area contributed by atoms with Crippen LogP contribution in [0, 0.1) is 0 Å². The number of hydrogen-bond donors (Lipinski definition) is 3. The Balaban J connectivity index is 1.53. The van der Waals surface area contributed by atoms with Gasteiger partial charge in [-0.3, -0.25) is 4.79 Å². The number of amides is 1. The SMILES string of the molecule is COc1ccc(CCNC(=O)CNc2cc(S(=O)(=O)NC3CC3)ccc2OC)cc1. The monoisotopic (exact) mass is 433 g/mol. The van der Waals surface area contributed by atoms with E-state index in [-0.39, 0.29) is 23.4 Å². The number of benzene rings is 2. The van der Waals surface area contributed by atoms with Gasteiger partial charge >= 0.3 is 0 Å². The first-order valence-electron chi connectivity index (χ1n) is 9.75. The molecule has 0 radical (unpaired) electrons. The molecule has 1 aliphatic carbocycles. The van der Waals surface area contributed by atoms with Crippen LogP contribution in [0.4, 0.5) is 5.69 Å². The normalized spacial score (nSPS) is 13.5. The summed E-state index contributed by atoms with van der Waals surface area (Å²) in [6.07, 6.45) is 2.41. The van der Waals surface area contributed by atoms with Gasteiger partial charge in [-0.25, -0.2) is 13.1 Å². The van der Waals surface area contributed by atoms with Crippen molar-refractivity contribution in [1.29, 1.82) is 0 Å². The van der Waals surface area contributed by atoms with E-state index in [4.69, 9.17) is 9.47 Å². The van der Waals surface area contributed by atoms with Crippen molar-refractivity contribution in [2.45, 2.75) is 30.2 Å². The molecule has 1 fully saturated rings. The fraction of sp³-hybridized carbons (Fsp3) is 0.381. The molecule has 0 heterocycles. The van der Waals surface area contributed by atoms with Crippen LogP contribution in [0.5, 0.6) is 11.5 Å². The number of rotatable bonds is 11. The first kappa shape index (κ1) is 21.9. The third kappa shape index (κ3) is 6.11. The van der Waals surface area contributed by atoms with Crippen molar-refractivity contribution in [3.8, 4) is 11.5 Å². The first-order valence-corrected chi connectivity index (χ1v) is 11.2. The summed E-state index contributed by atoms with van der Waals surface area (Å²) in [5.41, 5.74) is 1.54. The Bertz CT molecular complexity index is 973. The van der Waals surface area contributed by atoms with Crippen LogP contribution in [0.1, 0.15) is 18.4 Å². The van der Waals surface area contributed by atoms with E-state index in [9.17, 15) is 13.2 Å². The van der Waals surface area contributed by atoms with Gasteiger partial charge in [-0.15, -0.1) is 0 Å². The molecule has 3 N–H and O–H groups in total. The van der Waals surface area contributed by atoms with E-state index in [2.05, 4.69) is 15.4 Å². The van der Waals surface area contributed by atoms with Gasteiger partial charge in [0.2, 0.25) is 15.9 Å². The van der Waals surface area contributed by atoms with Crippen LogP contribution in [0.2, 0.25) is 0 Å². The minimum absolute atomic E-state index is 0.00146. The lowest BCUT2D eigenvalue weighted by Gasteiger charge is -2.14. The summed E-state index contributed by atoms with van der Waals surface area (Å²) < 4.78 is 37.9. The molecular weight excluding hydrogens is 406 g/mol. The van der Waals surface area contributed by atoms with Gasteiger partial charge in [0.25, 0.3) is 0 Å². The van der Waals surface area contributed by atoms with E-state index in [1.807, 2.05) is 24.3 Å². The first-order chi connectivity index (χ1) is 14.4. The summed E-state index contributed by atoms with van der Waals surface area (Å²) in [6.45, 7) is 0.488. The molecule has 0 aromatic heterocycles. The zero-order valence-corrected chi connectivity index (χ0v) is 17.9. The Morgan fingerprint density at radius 2 is 1.80 bits per heavy atom. The third-order valence-electron chi connectivity index (χ3n) is 4.71. The van der Waals surface area contributed by atoms with Crippen molar-refractivity contribution in [2.24, 2.45) is 0 Å². The average molecular weight is 434 g/mol. The van der Waals surface area contributed by atoms with E-state index in [0.717, 1.165) is 24.2 Å². The summed E-state index contributed by atoms with van der Waals surface area (Å²) in [5.74, 6) is 1.05. The number of carbonyl (C=O) groups is 1. The highest BCUT2D eigenvalue weighted by Gasteiger charge is 2.28. The molecule has 8 nitrogen and oxygen atoms in total. The Morgan fingerprint density at radius 1 is 1.07 bits per heavy atom. The fourth-order valence-electron chi connectivity index (χ4n) is 2.86. The molecule has 3 rings (SSSR count). The molecule has 1 amide bonds. The second-order valence-electron chi connectivity index (χ2n) is 7.06. The molecule has 0 bridgehead atoms. The van der Waals surface area contributed by atoms with Crippen molar-refractivity contribution in [1.82, 2.24) is 10.0 Å². The summed E-state index contributed by atoms with van der Waals surface area (Å²) in [6, 6.07) is 12.2. The van der Waals surface area contributed by atoms with Crippen molar-refractivity contribution in [3.05, 3.63) is 48.0 Å². The summed E-state index contributed by atoms with van der Waals surface area (Å²) in [5, 5.41) is 5.81. The van der Waals surface area contributed by atoms with Crippen LogP contribution in [-0.2, 0) is 21.2 Å². The molecular formula is C21H27N3O5S. The van der Waals surface area contributed by atoms with E-state index in [1.165, 1.54) is 19.2 Å². The topological polar surface area (TPSA) is 106 Å². The number of anilines is 1. The molecule has 30 heavy (non-hydrogen) atoms. The van der Waals surface area contributed by atoms with Gasteiger partial charge in [0.15, 0.2) is 0 Å². The Hall–Kier alpha value is -2.78. The van der Waals surface area contributed by atoms with Crippen LogP contribution in [0.25, 0.3) is 0 Å². The van der Waals surface area contributed by atoms with Gasteiger partial charge in [-0.1, -0.05) is 12.1 Å². The molecule has 0 aliphatic heterocycles. The van der Waals surface area contributed by atoms with Crippen molar-refractivity contribution < 1.29 is 22.7 Å². The Labute approximate surface area is 177 Å². The maximum Gasteiger partial charge on any atom is 0.240 e. The highest BCUT2D eigenvalue weighted by atomic mass is 32.2. The second-order valence-corrected chi connectivity index (χ2v) is 8.77. The van der Waals surface area contributed by atoms with E-state index >= 15 is 0 Å². The van der Waals surface area contributed by atoms with Gasteiger partial charge in [-0.05, 0) is 55.2 Å². The van der Waals surface area contributed by atoms with Crippen LogP contribution in [0.15, 0.2) is 47.4 Å². The van der Waals surface area contributed by atoms with Crippen LogP contribution >= 0.6 is 0 Å². The molecule has 1 aliphatic rings. The largest absolute Gasteiger partial charge is 0.497 e. The molecule has 162 valence electrons. The van der Waals surface area contributed by atoms with Crippen LogP contribution in [-0.4, -0.2) is 47.7 Å². The predicted molar refractivity (Wildman–Crippen MR) is 115 cm³/mol. The highest BCUT2D eigenvalue weighted by Crippen LogP contribution is 2.29. The van der Waals surface area contributed by atoms with E-state index in [1.54, 1.807) is 13.2 Å². The molecule has 2 aromatic rings. The van der Waals surface area contributed by atoms with Crippen molar-refractivity contribution >= 4 is 21.6 Å². The summed E-state index contributed by atoms with van der Waals surface area (Å²) in [7, 11) is -0.479. The maximum absolute atomic E-state index is 12.4. The van der Waals surface area contributed by atoms with Gasteiger partial charge in [0.1, 0.15) is 11.5 Å². The smallest absolute Gasteiger partial charge is 0.240 e. The summed E-state index contributed by atoms with van der Waals surface area (Å²) >= 11 is 0. The van der Waals surface area contributed by atoms with Crippen molar-refractivity contribution in [2.75, 3.05) is 32.6 Å². The average Bonchev–Trinajstić information content (AvgIpc) is 3.55. The quantitative estimate of drug-likeness (QED) is 0.500. The highest BCUT2D eigenvalue weighted by molar-refractivity contribution is 7.89. The Morgan fingerprint density at radius 3 is 2.43 bits per heavy atom. The minimum Gasteiger partial charge on any atom is -0.497 e. The third-order valence-corrected chi connectivity index (χ3v) is 6.23. The van der Waals surface area contributed by atoms with Crippen LogP contribution < -0.4 is 24.8 Å². The van der Waals surface area contributed by atoms with E-state index in [0.29, 0.717) is 24.4 Å². The van der Waals surface area contributed by atoms with Gasteiger partial charge in [0, 0.05) is 12.6 Å². The number of hydrogen-bond acceptors (Lipinski definition) is 6. The van der Waals surface area contributed by atoms with Gasteiger partial charge in [0.05, 0.1) is 31.3 Å². The molecule has 0 saturated heterocycles. The van der Waals surface area contributed by atoms with Gasteiger partial charge < -0.3 is 20.1 Å². The molecule has 0 atom stereocenters. The lowest BCUT2D eigenvalue weighted by Crippen LogP contribution is -2.31. The number of methoxy groups -OCH3 is 2. The fourth-order valence-corrected chi connectivity index (χ4v) is 4.19. The zero-order chi connectivity index (χ0) is 21.6. The standard InChI is InChI=1S/C21H27N3O5S/c1-28-17-7-3-15(4-8-17)11-12-22-21(25)14-23-19-13-18(9-10-20(19)29-2)30(26,27)24-16-5-6-16/h3-4,7-10,13,16,23-24H,5-6,11-12,14H2,1-2H3,(H,22,25). The number of ether oxygens (including phenoxy) is 2. The maximum atomic E-state index is 12.4. The zero-order valence-electron chi connectivity index (χ0n) is 17.1. The minimum atomic E-state index is -3.59. The lowest BCUT2D eigenvalue weighted by molar-refractivity contribution is -0.119. The Kier molecular flexibility index (Phi) is 7.17. The number of nitrogens with one attached hydrogen (secondary N) is 3. The molecule has 9 heteroatoms. The van der Waals surface area contributed by atoms with Crippen molar-refractivity contribution in [3.63, 3.8) is 0 Å². The lowest BCUT2D eigenvalue weighted by atomic mass is 10.1. The summed E-state index contributed by atoms with van der Waals surface area (Å²) in [4.78, 5) is 12.3. The second kappa shape index (κ2) is 9.82. The molecule has 2 aromatic carbocycles. The molecule has 1 saturated carbocycles. The van der Waals surface area contributed by atoms with Gasteiger partial charge in [-0.2, -0.15) is 0 Å². The molecule has 0 spiro atoms. The van der Waals surface area contributed by atoms with Crippen LogP contribution in [0.3, 0.4) is 0 Å². The molecule has 0 unspecified atom stereocenters.